The molecule has 1 aromatic heterocycles. The van der Waals surface area contributed by atoms with E-state index in [9.17, 15) is 4.79 Å². The maximum atomic E-state index is 12.2. The van der Waals surface area contributed by atoms with Gasteiger partial charge in [-0.2, -0.15) is 5.10 Å². The highest BCUT2D eigenvalue weighted by atomic mass is 16.5. The third-order valence-corrected chi connectivity index (χ3v) is 3.26. The third kappa shape index (κ3) is 3.03. The molecule has 0 bridgehead atoms. The summed E-state index contributed by atoms with van der Waals surface area (Å²) in [7, 11) is 0. The Morgan fingerprint density at radius 1 is 1.44 bits per heavy atom. The lowest BCUT2D eigenvalue weighted by molar-refractivity contribution is -0.138. The number of carbonyl (C=O) groups excluding carboxylic acids is 1. The lowest BCUT2D eigenvalue weighted by Crippen LogP contribution is -2.43. The molecule has 1 unspecified atom stereocenters. The van der Waals surface area contributed by atoms with Gasteiger partial charge in [0.15, 0.2) is 11.9 Å². The van der Waals surface area contributed by atoms with Gasteiger partial charge in [-0.3, -0.25) is 9.48 Å². The number of piperidine rings is 1. The van der Waals surface area contributed by atoms with Gasteiger partial charge in [0.1, 0.15) is 0 Å². The minimum atomic E-state index is -0.433. The largest absolute Gasteiger partial charge is 0.478 e. The highest BCUT2D eigenvalue weighted by Crippen LogP contribution is 2.14. The molecule has 1 fully saturated rings. The van der Waals surface area contributed by atoms with Crippen LogP contribution in [0.1, 0.15) is 33.1 Å². The van der Waals surface area contributed by atoms with Crippen molar-refractivity contribution in [1.29, 1.82) is 0 Å². The molecule has 100 valence electrons. The van der Waals surface area contributed by atoms with Gasteiger partial charge in [0.2, 0.25) is 0 Å². The van der Waals surface area contributed by atoms with E-state index in [-0.39, 0.29) is 5.91 Å². The minimum absolute atomic E-state index is 0.0824. The van der Waals surface area contributed by atoms with Crippen LogP contribution in [-0.4, -0.2) is 39.8 Å². The van der Waals surface area contributed by atoms with E-state index in [1.54, 1.807) is 17.8 Å². The van der Waals surface area contributed by atoms with Crippen LogP contribution in [0, 0.1) is 0 Å². The molecule has 1 aromatic rings. The Kier molecular flexibility index (Phi) is 4.23. The van der Waals surface area contributed by atoms with E-state index in [4.69, 9.17) is 4.74 Å². The first kappa shape index (κ1) is 12.9. The number of rotatable bonds is 4. The number of ether oxygens (including phenoxy) is 1. The summed E-state index contributed by atoms with van der Waals surface area (Å²) in [5, 5.41) is 4.13. The number of nitrogens with zero attached hydrogens (tertiary/aromatic N) is 3. The molecule has 2 rings (SSSR count). The first-order valence-corrected chi connectivity index (χ1v) is 6.68. The van der Waals surface area contributed by atoms with Crippen molar-refractivity contribution in [3.8, 4) is 5.75 Å². The monoisotopic (exact) mass is 251 g/mol. The van der Waals surface area contributed by atoms with Gasteiger partial charge in [0.05, 0.1) is 12.4 Å². The zero-order valence-electron chi connectivity index (χ0n) is 11.1. The number of carbonyl (C=O) groups is 1. The molecule has 0 radical (unpaired) electrons. The van der Waals surface area contributed by atoms with Gasteiger partial charge in [-0.05, 0) is 33.1 Å². The SMILES string of the molecule is CCn1cc(OC(C)C(=O)N2CCCCC2)cn1. The van der Waals surface area contributed by atoms with Gasteiger partial charge in [-0.15, -0.1) is 0 Å². The van der Waals surface area contributed by atoms with E-state index in [0.717, 1.165) is 32.5 Å². The lowest BCUT2D eigenvalue weighted by Gasteiger charge is -2.29. The number of amides is 1. The van der Waals surface area contributed by atoms with Crippen molar-refractivity contribution in [2.24, 2.45) is 0 Å². The summed E-state index contributed by atoms with van der Waals surface area (Å²) in [6, 6.07) is 0. The highest BCUT2D eigenvalue weighted by molar-refractivity contribution is 5.80. The summed E-state index contributed by atoms with van der Waals surface area (Å²) >= 11 is 0. The smallest absolute Gasteiger partial charge is 0.263 e. The van der Waals surface area contributed by atoms with Crippen molar-refractivity contribution < 1.29 is 9.53 Å². The number of hydrogen-bond donors (Lipinski definition) is 0. The van der Waals surface area contributed by atoms with E-state index in [2.05, 4.69) is 5.10 Å². The molecular weight excluding hydrogens is 230 g/mol. The molecule has 2 heterocycles. The Labute approximate surface area is 108 Å². The Hall–Kier alpha value is -1.52. The van der Waals surface area contributed by atoms with Crippen LogP contribution in [0.5, 0.6) is 5.75 Å². The van der Waals surface area contributed by atoms with E-state index in [1.165, 1.54) is 6.42 Å². The molecule has 0 saturated carbocycles. The molecule has 0 aromatic carbocycles. The fourth-order valence-electron chi connectivity index (χ4n) is 2.20. The van der Waals surface area contributed by atoms with Crippen molar-refractivity contribution in [2.75, 3.05) is 13.1 Å². The molecular formula is C13H21N3O2. The van der Waals surface area contributed by atoms with Gasteiger partial charge in [-0.1, -0.05) is 0 Å². The van der Waals surface area contributed by atoms with Crippen molar-refractivity contribution in [3.63, 3.8) is 0 Å². The standard InChI is InChI=1S/C13H21N3O2/c1-3-16-10-12(9-14-16)18-11(2)13(17)15-7-5-4-6-8-15/h9-11H,3-8H2,1-2H3. The van der Waals surface area contributed by atoms with Gasteiger partial charge in [0.25, 0.3) is 5.91 Å². The Balaban J connectivity index is 1.89. The van der Waals surface area contributed by atoms with Crippen molar-refractivity contribution >= 4 is 5.91 Å². The Morgan fingerprint density at radius 2 is 2.17 bits per heavy atom. The minimum Gasteiger partial charge on any atom is -0.478 e. The van der Waals surface area contributed by atoms with Crippen molar-refractivity contribution in [3.05, 3.63) is 12.4 Å². The molecule has 1 amide bonds. The van der Waals surface area contributed by atoms with Crippen LogP contribution >= 0.6 is 0 Å². The third-order valence-electron chi connectivity index (χ3n) is 3.26. The summed E-state index contributed by atoms with van der Waals surface area (Å²) < 4.78 is 7.42. The summed E-state index contributed by atoms with van der Waals surface area (Å²) in [5.74, 6) is 0.744. The van der Waals surface area contributed by atoms with Crippen LogP contribution in [0.3, 0.4) is 0 Å². The quantitative estimate of drug-likeness (QED) is 0.818. The van der Waals surface area contributed by atoms with Crippen LogP contribution in [-0.2, 0) is 11.3 Å². The second kappa shape index (κ2) is 5.89. The molecule has 1 atom stereocenters. The van der Waals surface area contributed by atoms with Gasteiger partial charge < -0.3 is 9.64 Å². The number of hydrogen-bond acceptors (Lipinski definition) is 3. The summed E-state index contributed by atoms with van der Waals surface area (Å²) in [5.41, 5.74) is 0. The molecule has 5 heteroatoms. The lowest BCUT2D eigenvalue weighted by atomic mass is 10.1. The van der Waals surface area contributed by atoms with Crippen LogP contribution in [0.25, 0.3) is 0 Å². The first-order chi connectivity index (χ1) is 8.70. The highest BCUT2D eigenvalue weighted by Gasteiger charge is 2.23. The molecule has 1 saturated heterocycles. The summed E-state index contributed by atoms with van der Waals surface area (Å²) in [6.07, 6.45) is 6.47. The molecule has 18 heavy (non-hydrogen) atoms. The topological polar surface area (TPSA) is 47.4 Å². The summed E-state index contributed by atoms with van der Waals surface area (Å²) in [4.78, 5) is 14.1. The first-order valence-electron chi connectivity index (χ1n) is 6.68. The average molecular weight is 251 g/mol. The van der Waals surface area contributed by atoms with Crippen LogP contribution in [0.4, 0.5) is 0 Å². The number of aryl methyl sites for hydroxylation is 1. The van der Waals surface area contributed by atoms with E-state index < -0.39 is 6.10 Å². The molecule has 1 aliphatic rings. The average Bonchev–Trinajstić information content (AvgIpc) is 2.86. The van der Waals surface area contributed by atoms with Crippen LogP contribution in [0.2, 0.25) is 0 Å². The molecule has 5 nitrogen and oxygen atoms in total. The number of aromatic nitrogens is 2. The predicted octanol–water partition coefficient (Wildman–Crippen LogP) is 1.68. The zero-order chi connectivity index (χ0) is 13.0. The molecule has 0 aliphatic carbocycles. The normalized spacial score (nSPS) is 17.6. The fourth-order valence-corrected chi connectivity index (χ4v) is 2.20. The second-order valence-electron chi connectivity index (χ2n) is 4.68. The predicted molar refractivity (Wildman–Crippen MR) is 68.4 cm³/mol. The Morgan fingerprint density at radius 3 is 2.78 bits per heavy atom. The second-order valence-corrected chi connectivity index (χ2v) is 4.68. The van der Waals surface area contributed by atoms with Gasteiger partial charge in [0, 0.05) is 19.6 Å². The maximum Gasteiger partial charge on any atom is 0.263 e. The van der Waals surface area contributed by atoms with E-state index >= 15 is 0 Å². The van der Waals surface area contributed by atoms with Crippen LogP contribution < -0.4 is 4.74 Å². The van der Waals surface area contributed by atoms with Crippen molar-refractivity contribution in [1.82, 2.24) is 14.7 Å². The molecule has 0 spiro atoms. The van der Waals surface area contributed by atoms with Gasteiger partial charge >= 0.3 is 0 Å². The fraction of sp³-hybridized carbons (Fsp3) is 0.692. The number of likely N-dealkylation sites (tertiary alicyclic amines) is 1. The van der Waals surface area contributed by atoms with Gasteiger partial charge in [-0.25, -0.2) is 0 Å². The maximum absolute atomic E-state index is 12.2. The molecule has 1 aliphatic heterocycles. The Bertz CT molecular complexity index is 397. The van der Waals surface area contributed by atoms with Crippen LogP contribution in [0.15, 0.2) is 12.4 Å². The van der Waals surface area contributed by atoms with E-state index in [1.807, 2.05) is 18.0 Å². The zero-order valence-corrected chi connectivity index (χ0v) is 11.1. The molecule has 0 N–H and O–H groups in total. The van der Waals surface area contributed by atoms with Crippen molar-refractivity contribution in [2.45, 2.75) is 45.8 Å². The summed E-state index contributed by atoms with van der Waals surface area (Å²) in [6.45, 7) is 6.35. The van der Waals surface area contributed by atoms with E-state index in [0.29, 0.717) is 5.75 Å².